The van der Waals surface area contributed by atoms with Gasteiger partial charge in [0.2, 0.25) is 0 Å². The van der Waals surface area contributed by atoms with Crippen molar-refractivity contribution in [3.8, 4) is 0 Å². The number of esters is 2. The van der Waals surface area contributed by atoms with Crippen LogP contribution in [0, 0.1) is 0 Å². The molecule has 0 fully saturated rings. The summed E-state index contributed by atoms with van der Waals surface area (Å²) >= 11 is 0. The van der Waals surface area contributed by atoms with Gasteiger partial charge in [-0.1, -0.05) is 295 Å². The Morgan fingerprint density at radius 3 is 0.898 bits per heavy atom. The Morgan fingerprint density at radius 1 is 0.347 bits per heavy atom. The van der Waals surface area contributed by atoms with E-state index >= 15 is 0 Å². The van der Waals surface area contributed by atoms with E-state index in [2.05, 4.69) is 220 Å². The number of likely N-dealkylation sites (N-methyl/N-ethyl adjacent to an activating group) is 1. The number of hydrogen-bond acceptors (Lipinski definition) is 7. The van der Waals surface area contributed by atoms with Crippen LogP contribution in [0.1, 0.15) is 234 Å². The number of rotatable bonds is 46. The predicted molar refractivity (Wildman–Crippen MR) is 403 cm³/mol. The van der Waals surface area contributed by atoms with Crippen LogP contribution in [-0.4, -0.2) is 74.9 Å². The van der Waals surface area contributed by atoms with Crippen molar-refractivity contribution in [2.24, 2.45) is 0 Å². The molecule has 0 amide bonds. The zero-order valence-corrected chi connectivity index (χ0v) is 60.4. The summed E-state index contributed by atoms with van der Waals surface area (Å²) in [6, 6.07) is 86.0. The highest BCUT2D eigenvalue weighted by atomic mass is 31.2. The third-order valence-corrected chi connectivity index (χ3v) is 21.1. The summed E-state index contributed by atoms with van der Waals surface area (Å²) in [5.74, 6) is 1.48. The van der Waals surface area contributed by atoms with E-state index < -0.39 is 32.5 Å². The van der Waals surface area contributed by atoms with Crippen molar-refractivity contribution in [1.29, 1.82) is 0 Å². The number of quaternary nitrogens is 1. The molecular formula is C88H113NO8P+. The standard InChI is InChI=1S/C88H112NO8P/c1-70(72-38-14-6-15-39-72)36-30-54-78(74-42-18-8-19-43-74)56-32-58-80(76-46-22-10-23-47-76)60-34-62-84(82-50-26-12-27-51-82)66-87(90)94-68-86(69-96-98(92,93)95-65-64-89(3,4)5)97-88(91)67-85(83-52-28-13-29-53-83)63-35-61-81(77-48-24-11-25-49-77)59-33-57-79(75-44-20-9-21-45-75)55-31-37-71(2)73-40-16-7-17-41-73/h6-29,38-53,70-71,78-81,84-86H,30-37,54-69H2,1-5H3/p+1/t70?,71?,78?,79?,80?,81?,84?,85?,86-/m1/s1. The molecule has 1 N–H and O–H groups in total. The van der Waals surface area contributed by atoms with E-state index in [0.29, 0.717) is 46.5 Å². The van der Waals surface area contributed by atoms with Gasteiger partial charge in [0.05, 0.1) is 40.6 Å². The molecule has 9 nitrogen and oxygen atoms in total. The largest absolute Gasteiger partial charge is 0.472 e. The maximum atomic E-state index is 14.4. The molecule has 0 spiro atoms. The molecule has 0 aliphatic heterocycles. The van der Waals surface area contributed by atoms with Crippen LogP contribution in [0.15, 0.2) is 243 Å². The normalized spacial score (nSPS) is 15.1. The summed E-state index contributed by atoms with van der Waals surface area (Å²) in [7, 11) is 1.29. The van der Waals surface area contributed by atoms with Gasteiger partial charge in [-0.3, -0.25) is 18.6 Å². The molecule has 0 heterocycles. The molecule has 98 heavy (non-hydrogen) atoms. The van der Waals surface area contributed by atoms with Crippen LogP contribution in [0.2, 0.25) is 0 Å². The molecule has 10 atom stereocenters. The van der Waals surface area contributed by atoms with Crippen LogP contribution >= 0.6 is 7.82 Å². The van der Waals surface area contributed by atoms with Crippen molar-refractivity contribution in [2.45, 2.75) is 196 Å². The van der Waals surface area contributed by atoms with Crippen LogP contribution < -0.4 is 0 Å². The molecule has 9 unspecified atom stereocenters. The molecule has 0 bridgehead atoms. The number of phosphoric acid groups is 1. The van der Waals surface area contributed by atoms with Gasteiger partial charge in [0.15, 0.2) is 6.10 Å². The van der Waals surface area contributed by atoms with Crippen molar-refractivity contribution in [3.05, 3.63) is 287 Å². The summed E-state index contributed by atoms with van der Waals surface area (Å²) in [6.45, 7) is 4.27. The molecular weight excluding hydrogens is 1230 g/mol. The van der Waals surface area contributed by atoms with Gasteiger partial charge >= 0.3 is 19.8 Å². The average molecular weight is 1340 g/mol. The van der Waals surface area contributed by atoms with Gasteiger partial charge in [-0.25, -0.2) is 4.57 Å². The maximum absolute atomic E-state index is 14.4. The van der Waals surface area contributed by atoms with Gasteiger partial charge in [0.25, 0.3) is 0 Å². The summed E-state index contributed by atoms with van der Waals surface area (Å²) < 4.78 is 37.1. The highest BCUT2D eigenvalue weighted by molar-refractivity contribution is 7.47. The Labute approximate surface area is 589 Å². The highest BCUT2D eigenvalue weighted by Gasteiger charge is 2.30. The van der Waals surface area contributed by atoms with Gasteiger partial charge in [0, 0.05) is 0 Å². The summed E-state index contributed by atoms with van der Waals surface area (Å²) in [6.07, 6.45) is 17.8. The lowest BCUT2D eigenvalue weighted by atomic mass is 9.82. The number of carbonyl (C=O) groups is 2. The Hall–Kier alpha value is -7.23. The van der Waals surface area contributed by atoms with Crippen LogP contribution in [0.5, 0.6) is 0 Å². The second-order valence-corrected chi connectivity index (χ2v) is 30.1. The van der Waals surface area contributed by atoms with Gasteiger partial charge in [-0.2, -0.15) is 0 Å². The van der Waals surface area contributed by atoms with E-state index in [-0.39, 0.29) is 37.9 Å². The fourth-order valence-corrected chi connectivity index (χ4v) is 15.1. The van der Waals surface area contributed by atoms with E-state index in [9.17, 15) is 19.0 Å². The smallest absolute Gasteiger partial charge is 0.462 e. The second-order valence-electron chi connectivity index (χ2n) is 28.7. The van der Waals surface area contributed by atoms with Crippen molar-refractivity contribution in [1.82, 2.24) is 0 Å². The number of ether oxygens (including phenoxy) is 2. The molecule has 8 aromatic carbocycles. The predicted octanol–water partition coefficient (Wildman–Crippen LogP) is 22.4. The monoisotopic (exact) mass is 1340 g/mol. The first-order valence-corrected chi connectivity index (χ1v) is 38.3. The number of carbonyl (C=O) groups excluding carboxylic acids is 2. The molecule has 10 heteroatoms. The first kappa shape index (κ1) is 76.5. The first-order valence-electron chi connectivity index (χ1n) is 36.8. The molecule has 522 valence electrons. The van der Waals surface area contributed by atoms with Crippen molar-refractivity contribution in [2.75, 3.05) is 47.5 Å². The third-order valence-electron chi connectivity index (χ3n) is 20.2. The zero-order valence-electron chi connectivity index (χ0n) is 59.5. The Bertz CT molecular complexity index is 3470. The van der Waals surface area contributed by atoms with Gasteiger partial charge in [0.1, 0.15) is 19.8 Å². The molecule has 0 saturated carbocycles. The van der Waals surface area contributed by atoms with E-state index in [1.807, 2.05) is 57.5 Å². The minimum atomic E-state index is -4.59. The molecule has 8 rings (SSSR count). The number of nitrogens with zero attached hydrogens (tertiary/aromatic N) is 1. The quantitative estimate of drug-likeness (QED) is 0.0228. The van der Waals surface area contributed by atoms with Crippen molar-refractivity contribution < 1.29 is 42.1 Å². The number of phosphoric ester groups is 1. The lowest BCUT2D eigenvalue weighted by molar-refractivity contribution is -0.870. The molecule has 8 aromatic rings. The maximum Gasteiger partial charge on any atom is 0.472 e. The average Bonchev–Trinajstić information content (AvgIpc) is 1.11. The molecule has 0 aliphatic carbocycles. The number of hydrogen-bond donors (Lipinski definition) is 1. The van der Waals surface area contributed by atoms with Crippen molar-refractivity contribution in [3.63, 3.8) is 0 Å². The van der Waals surface area contributed by atoms with E-state index in [1.165, 1.54) is 52.6 Å². The number of benzene rings is 8. The van der Waals surface area contributed by atoms with E-state index in [4.69, 9.17) is 18.5 Å². The Balaban J connectivity index is 0.891. The summed E-state index contributed by atoms with van der Waals surface area (Å²) in [5, 5.41) is 0. The van der Waals surface area contributed by atoms with Gasteiger partial charge in [-0.15, -0.1) is 0 Å². The molecule has 0 aliphatic rings. The fourth-order valence-electron chi connectivity index (χ4n) is 14.4. The summed E-state index contributed by atoms with van der Waals surface area (Å²) in [5.41, 5.74) is 10.4. The topological polar surface area (TPSA) is 108 Å². The van der Waals surface area contributed by atoms with Crippen LogP contribution in [0.4, 0.5) is 0 Å². The second kappa shape index (κ2) is 42.0. The van der Waals surface area contributed by atoms with Gasteiger partial charge < -0.3 is 18.9 Å². The summed E-state index contributed by atoms with van der Waals surface area (Å²) in [4.78, 5) is 39.6. The molecule has 0 radical (unpaired) electrons. The molecule has 0 aromatic heterocycles. The third kappa shape index (κ3) is 28.2. The lowest BCUT2D eigenvalue weighted by Gasteiger charge is -2.25. The minimum Gasteiger partial charge on any atom is -0.462 e. The van der Waals surface area contributed by atoms with Crippen LogP contribution in [0.3, 0.4) is 0 Å². The first-order chi connectivity index (χ1) is 47.6. The SMILES string of the molecule is CC(CCCC(CCCC(CCCC(CC(=O)OC[C@H](COP(=O)(O)OCC[N+](C)(C)C)OC(=O)CC(CCCC(CCCC(CCCC(C)c1ccccc1)c1ccccc1)c1ccccc1)c1ccccc1)c1ccccc1)c1ccccc1)c1ccccc1)c1ccccc1. The zero-order chi connectivity index (χ0) is 69.1. The Kier molecular flexibility index (Phi) is 32.8. The Morgan fingerprint density at radius 2 is 0.602 bits per heavy atom. The van der Waals surface area contributed by atoms with Crippen LogP contribution in [-0.2, 0) is 32.7 Å². The minimum absolute atomic E-state index is 0.0270. The highest BCUT2D eigenvalue weighted by Crippen LogP contribution is 2.44. The van der Waals surface area contributed by atoms with E-state index in [1.54, 1.807) is 0 Å². The van der Waals surface area contributed by atoms with E-state index in [0.717, 1.165) is 107 Å². The van der Waals surface area contributed by atoms with Crippen LogP contribution in [0.25, 0.3) is 0 Å². The van der Waals surface area contributed by atoms with Crippen molar-refractivity contribution >= 4 is 19.8 Å². The fraction of sp³-hybridized carbons (Fsp3) is 0.432. The lowest BCUT2D eigenvalue weighted by Crippen LogP contribution is -2.37. The molecule has 0 saturated heterocycles. The van der Waals surface area contributed by atoms with Gasteiger partial charge in [-0.05, 0) is 169 Å².